The monoisotopic (exact) mass is 258 g/mol. The Kier molecular flexibility index (Phi) is 2.77. The summed E-state index contributed by atoms with van der Waals surface area (Å²) in [5.41, 5.74) is 2.41. The zero-order valence-corrected chi connectivity index (χ0v) is 10.8. The molecule has 19 heavy (non-hydrogen) atoms. The Balaban J connectivity index is 2.15. The topological polar surface area (TPSA) is 69.9 Å². The summed E-state index contributed by atoms with van der Waals surface area (Å²) in [5.74, 6) is 0.732. The van der Waals surface area contributed by atoms with Crippen LogP contribution in [0.1, 0.15) is 28.7 Å². The summed E-state index contributed by atoms with van der Waals surface area (Å²) in [5, 5.41) is 4.35. The lowest BCUT2D eigenvalue weighted by Gasteiger charge is -2.04. The molecule has 3 rings (SSSR count). The second-order valence-electron chi connectivity index (χ2n) is 4.75. The molecular formula is C13H14N4O2. The average Bonchev–Trinajstić information content (AvgIpc) is 2.96. The first-order chi connectivity index (χ1) is 9.20. The van der Waals surface area contributed by atoms with Gasteiger partial charge in [-0.15, -0.1) is 0 Å². The lowest BCUT2D eigenvalue weighted by molar-refractivity contribution is 0.0592. The van der Waals surface area contributed by atoms with E-state index in [0.717, 1.165) is 24.1 Å². The molecule has 2 heterocycles. The smallest absolute Gasteiger partial charge is 0.358 e. The van der Waals surface area contributed by atoms with Crippen LogP contribution >= 0.6 is 0 Å². The zero-order valence-electron chi connectivity index (χ0n) is 10.8. The van der Waals surface area contributed by atoms with E-state index in [2.05, 4.69) is 22.0 Å². The molecule has 0 amide bonds. The summed E-state index contributed by atoms with van der Waals surface area (Å²) in [6.07, 6.45) is 6.59. The number of hydrogen-bond donors (Lipinski definition) is 0. The fourth-order valence-corrected chi connectivity index (χ4v) is 2.51. The largest absolute Gasteiger partial charge is 0.464 e. The molecular weight excluding hydrogens is 244 g/mol. The van der Waals surface area contributed by atoms with Crippen molar-refractivity contribution in [3.63, 3.8) is 0 Å². The maximum atomic E-state index is 11.8. The fraction of sp³-hybridized carbons (Fsp3) is 0.385. The lowest BCUT2D eigenvalue weighted by atomic mass is 10.1. The third kappa shape index (κ3) is 1.89. The fourth-order valence-electron chi connectivity index (χ4n) is 2.51. The van der Waals surface area contributed by atoms with Crippen LogP contribution in [0.5, 0.6) is 0 Å². The van der Waals surface area contributed by atoms with Gasteiger partial charge in [-0.25, -0.2) is 14.5 Å². The quantitative estimate of drug-likeness (QED) is 0.756. The van der Waals surface area contributed by atoms with E-state index in [-0.39, 0.29) is 0 Å². The number of aromatic nitrogens is 4. The molecule has 98 valence electrons. The first-order valence-electron chi connectivity index (χ1n) is 6.16. The molecule has 0 radical (unpaired) electrons. The minimum absolute atomic E-state index is 0.395. The van der Waals surface area contributed by atoms with Crippen LogP contribution < -0.4 is 0 Å². The number of nitrogens with zero attached hydrogens (tertiary/aromatic N) is 4. The van der Waals surface area contributed by atoms with Crippen LogP contribution in [0, 0.1) is 5.92 Å². The van der Waals surface area contributed by atoms with E-state index >= 15 is 0 Å². The van der Waals surface area contributed by atoms with Crippen LogP contribution in [0.25, 0.3) is 5.82 Å². The molecule has 6 heteroatoms. The molecule has 1 aliphatic carbocycles. The van der Waals surface area contributed by atoms with Gasteiger partial charge in [-0.05, 0) is 18.8 Å². The van der Waals surface area contributed by atoms with Gasteiger partial charge in [0, 0.05) is 18.0 Å². The maximum Gasteiger partial charge on any atom is 0.358 e. The van der Waals surface area contributed by atoms with E-state index in [1.54, 1.807) is 23.3 Å². The third-order valence-corrected chi connectivity index (χ3v) is 3.33. The molecule has 0 N–H and O–H groups in total. The van der Waals surface area contributed by atoms with E-state index in [0.29, 0.717) is 17.4 Å². The molecule has 0 saturated carbocycles. The summed E-state index contributed by atoms with van der Waals surface area (Å²) in [7, 11) is 1.37. The number of hydrogen-bond acceptors (Lipinski definition) is 5. The summed E-state index contributed by atoms with van der Waals surface area (Å²) < 4.78 is 6.50. The van der Waals surface area contributed by atoms with Crippen molar-refractivity contribution < 1.29 is 9.53 Å². The molecule has 0 aromatic carbocycles. The normalized spacial score (nSPS) is 17.3. The lowest BCUT2D eigenvalue weighted by Crippen LogP contribution is -2.09. The second-order valence-corrected chi connectivity index (χ2v) is 4.75. The van der Waals surface area contributed by atoms with Gasteiger partial charge < -0.3 is 4.74 Å². The third-order valence-electron chi connectivity index (χ3n) is 3.33. The predicted octanol–water partition coefficient (Wildman–Crippen LogP) is 1.18. The van der Waals surface area contributed by atoms with Gasteiger partial charge in [0.05, 0.1) is 19.0 Å². The maximum absolute atomic E-state index is 11.8. The first kappa shape index (κ1) is 11.8. The van der Waals surface area contributed by atoms with E-state index in [4.69, 9.17) is 4.74 Å². The second kappa shape index (κ2) is 4.46. The van der Waals surface area contributed by atoms with Gasteiger partial charge in [0.1, 0.15) is 0 Å². The molecule has 0 aliphatic heterocycles. The molecule has 0 fully saturated rings. The van der Waals surface area contributed by atoms with Gasteiger partial charge in [-0.1, -0.05) is 6.92 Å². The van der Waals surface area contributed by atoms with Crippen LogP contribution in [0.2, 0.25) is 0 Å². The minimum atomic E-state index is -0.395. The van der Waals surface area contributed by atoms with Gasteiger partial charge in [0.15, 0.2) is 11.5 Å². The van der Waals surface area contributed by atoms with E-state index in [1.165, 1.54) is 7.11 Å². The van der Waals surface area contributed by atoms with E-state index in [1.807, 2.05) is 0 Å². The van der Waals surface area contributed by atoms with Crippen LogP contribution in [-0.2, 0) is 17.6 Å². The Morgan fingerprint density at radius 2 is 2.26 bits per heavy atom. The summed E-state index contributed by atoms with van der Waals surface area (Å²) in [6, 6.07) is 0. The Hall–Kier alpha value is -2.24. The Bertz CT molecular complexity index is 621. The Morgan fingerprint density at radius 1 is 1.42 bits per heavy atom. The van der Waals surface area contributed by atoms with Crippen molar-refractivity contribution in [1.82, 2.24) is 19.7 Å². The summed E-state index contributed by atoms with van der Waals surface area (Å²) in [6.45, 7) is 2.15. The highest BCUT2D eigenvalue weighted by molar-refractivity contribution is 5.89. The van der Waals surface area contributed by atoms with Crippen LogP contribution in [0.15, 0.2) is 18.6 Å². The van der Waals surface area contributed by atoms with E-state index in [9.17, 15) is 4.79 Å². The van der Waals surface area contributed by atoms with Gasteiger partial charge in [0.25, 0.3) is 0 Å². The van der Waals surface area contributed by atoms with E-state index < -0.39 is 5.97 Å². The molecule has 1 unspecified atom stereocenters. The molecule has 2 aromatic heterocycles. The van der Waals surface area contributed by atoms with Crippen molar-refractivity contribution in [3.8, 4) is 5.82 Å². The highest BCUT2D eigenvalue weighted by Gasteiger charge is 2.31. The molecule has 6 nitrogen and oxygen atoms in total. The van der Waals surface area contributed by atoms with Crippen LogP contribution in [-0.4, -0.2) is 32.8 Å². The minimum Gasteiger partial charge on any atom is -0.464 e. The van der Waals surface area contributed by atoms with Gasteiger partial charge in [-0.2, -0.15) is 5.10 Å². The number of fused-ring (bicyclic) bond motifs is 1. The molecule has 0 spiro atoms. The number of methoxy groups -OCH3 is 1. The number of esters is 1. The van der Waals surface area contributed by atoms with Crippen LogP contribution in [0.3, 0.4) is 0 Å². The highest BCUT2D eigenvalue weighted by Crippen LogP contribution is 2.30. The Labute approximate surface area is 110 Å². The summed E-state index contributed by atoms with van der Waals surface area (Å²) in [4.78, 5) is 20.1. The Morgan fingerprint density at radius 3 is 2.95 bits per heavy atom. The number of rotatable bonds is 2. The van der Waals surface area contributed by atoms with Crippen molar-refractivity contribution in [2.75, 3.05) is 7.11 Å². The SMILES string of the molecule is COC(=O)c1nn(-c2cnccn2)c2c1CC(C)C2. The number of carbonyl (C=O) groups excluding carboxylic acids is 1. The van der Waals surface area contributed by atoms with Gasteiger partial charge in [0.2, 0.25) is 0 Å². The molecule has 1 atom stereocenters. The number of carbonyl (C=O) groups is 1. The van der Waals surface area contributed by atoms with Crippen molar-refractivity contribution in [2.45, 2.75) is 19.8 Å². The van der Waals surface area contributed by atoms with Gasteiger partial charge in [-0.3, -0.25) is 4.98 Å². The predicted molar refractivity (Wildman–Crippen MR) is 67.1 cm³/mol. The molecule has 2 aromatic rings. The van der Waals surface area contributed by atoms with Crippen LogP contribution in [0.4, 0.5) is 0 Å². The molecule has 1 aliphatic rings. The zero-order chi connectivity index (χ0) is 13.4. The first-order valence-corrected chi connectivity index (χ1v) is 6.16. The number of ether oxygens (including phenoxy) is 1. The van der Waals surface area contributed by atoms with Gasteiger partial charge >= 0.3 is 5.97 Å². The van der Waals surface area contributed by atoms with Crippen molar-refractivity contribution >= 4 is 5.97 Å². The average molecular weight is 258 g/mol. The standard InChI is InChI=1S/C13H14N4O2/c1-8-5-9-10(6-8)17(11-7-14-3-4-15-11)16-12(9)13(18)19-2/h3-4,7-8H,5-6H2,1-2H3. The van der Waals surface area contributed by atoms with Crippen molar-refractivity contribution in [2.24, 2.45) is 5.92 Å². The van der Waals surface area contributed by atoms with Crippen molar-refractivity contribution in [1.29, 1.82) is 0 Å². The summed E-state index contributed by atoms with van der Waals surface area (Å²) >= 11 is 0. The highest BCUT2D eigenvalue weighted by atomic mass is 16.5. The molecule has 0 bridgehead atoms. The van der Waals surface area contributed by atoms with Crippen molar-refractivity contribution in [3.05, 3.63) is 35.5 Å². The molecule has 0 saturated heterocycles.